The Kier molecular flexibility index (Phi) is 4.31. The molecule has 1 amide bonds. The molecule has 5 rings (SSSR count). The first-order valence-corrected chi connectivity index (χ1v) is 10.5. The van der Waals surface area contributed by atoms with Gasteiger partial charge in [0.2, 0.25) is 11.8 Å². The highest BCUT2D eigenvalue weighted by atomic mass is 16.6. The van der Waals surface area contributed by atoms with Crippen molar-refractivity contribution in [1.29, 1.82) is 0 Å². The molecule has 5 N–H and O–H groups in total. The summed E-state index contributed by atoms with van der Waals surface area (Å²) in [6.45, 7) is 4.05. The van der Waals surface area contributed by atoms with Gasteiger partial charge in [0.05, 0.1) is 23.8 Å². The van der Waals surface area contributed by atoms with Crippen LogP contribution in [0, 0.1) is 0 Å². The van der Waals surface area contributed by atoms with Crippen molar-refractivity contribution in [2.45, 2.75) is 31.0 Å². The minimum Gasteiger partial charge on any atom is -0.481 e. The summed E-state index contributed by atoms with van der Waals surface area (Å²) in [7, 11) is 1.37. The number of aromatic nitrogens is 1. The molecule has 2 atom stereocenters. The third-order valence-electron chi connectivity index (χ3n) is 6.62. The SMILES string of the molecule is COc1nccc(C(N)=O)c1C12C(=O)c3c(N)cccc3C1(O)Oc1cc(C(C)C)ccc12. The van der Waals surface area contributed by atoms with Crippen LogP contribution in [0.3, 0.4) is 0 Å². The number of primary amides is 1. The highest BCUT2D eigenvalue weighted by molar-refractivity contribution is 6.17. The van der Waals surface area contributed by atoms with Crippen LogP contribution in [0.4, 0.5) is 5.69 Å². The van der Waals surface area contributed by atoms with Gasteiger partial charge in [-0.25, -0.2) is 4.98 Å². The second kappa shape index (κ2) is 6.79. The second-order valence-corrected chi connectivity index (χ2v) is 8.61. The fourth-order valence-corrected chi connectivity index (χ4v) is 5.12. The summed E-state index contributed by atoms with van der Waals surface area (Å²) in [4.78, 5) is 31.0. The molecule has 168 valence electrons. The van der Waals surface area contributed by atoms with Crippen LogP contribution in [-0.2, 0) is 11.2 Å². The first-order chi connectivity index (χ1) is 15.7. The van der Waals surface area contributed by atoms with Gasteiger partial charge in [0, 0.05) is 23.0 Å². The number of pyridine rings is 1. The van der Waals surface area contributed by atoms with E-state index in [4.69, 9.17) is 20.9 Å². The van der Waals surface area contributed by atoms with E-state index in [0.29, 0.717) is 11.3 Å². The van der Waals surface area contributed by atoms with Crippen molar-refractivity contribution >= 4 is 17.4 Å². The third kappa shape index (κ3) is 2.41. The number of ketones is 1. The zero-order valence-electron chi connectivity index (χ0n) is 18.4. The van der Waals surface area contributed by atoms with E-state index in [0.717, 1.165) is 5.56 Å². The number of nitrogen functional groups attached to an aromatic ring is 1. The summed E-state index contributed by atoms with van der Waals surface area (Å²) in [5.74, 6) is -3.04. The largest absolute Gasteiger partial charge is 0.481 e. The molecule has 0 saturated carbocycles. The highest BCUT2D eigenvalue weighted by Gasteiger charge is 2.73. The molecule has 8 heteroatoms. The van der Waals surface area contributed by atoms with Gasteiger partial charge in [0.25, 0.3) is 5.79 Å². The number of methoxy groups -OCH3 is 1. The van der Waals surface area contributed by atoms with Crippen LogP contribution in [0.5, 0.6) is 11.6 Å². The summed E-state index contributed by atoms with van der Waals surface area (Å²) in [5, 5.41) is 12.2. The molecular weight excluding hydrogens is 422 g/mol. The van der Waals surface area contributed by atoms with Gasteiger partial charge in [-0.15, -0.1) is 0 Å². The summed E-state index contributed by atoms with van der Waals surface area (Å²) < 4.78 is 11.7. The minimum atomic E-state index is -2.20. The Hall–Kier alpha value is -3.91. The summed E-state index contributed by atoms with van der Waals surface area (Å²) in [6.07, 6.45) is 1.36. The number of anilines is 1. The number of benzene rings is 2. The van der Waals surface area contributed by atoms with Gasteiger partial charge in [-0.2, -0.15) is 0 Å². The maximum atomic E-state index is 14.3. The molecule has 0 fully saturated rings. The molecule has 3 aromatic rings. The van der Waals surface area contributed by atoms with Crippen molar-refractivity contribution < 1.29 is 24.2 Å². The van der Waals surface area contributed by atoms with Crippen LogP contribution in [0.25, 0.3) is 0 Å². The van der Waals surface area contributed by atoms with Crippen LogP contribution < -0.4 is 20.9 Å². The van der Waals surface area contributed by atoms with Crippen molar-refractivity contribution in [2.75, 3.05) is 12.8 Å². The number of amides is 1. The number of aliphatic hydroxyl groups is 1. The molecule has 1 aliphatic carbocycles. The fraction of sp³-hybridized carbons (Fsp3) is 0.240. The Balaban J connectivity index is 1.97. The fourth-order valence-electron chi connectivity index (χ4n) is 5.12. The number of ether oxygens (including phenoxy) is 2. The number of fused-ring (bicyclic) bond motifs is 5. The molecule has 2 aliphatic rings. The van der Waals surface area contributed by atoms with Crippen molar-refractivity contribution in [3.63, 3.8) is 0 Å². The van der Waals surface area contributed by atoms with E-state index in [2.05, 4.69) is 4.98 Å². The average Bonchev–Trinajstić information content (AvgIpc) is 3.16. The molecular formula is C25H23N3O5. The Labute approximate surface area is 190 Å². The lowest BCUT2D eigenvalue weighted by atomic mass is 9.67. The number of carbonyl (C=O) groups excluding carboxylic acids is 2. The topological polar surface area (TPSA) is 138 Å². The average molecular weight is 445 g/mol. The lowest BCUT2D eigenvalue weighted by molar-refractivity contribution is -0.154. The Morgan fingerprint density at radius 1 is 1.18 bits per heavy atom. The molecule has 2 heterocycles. The number of carbonyl (C=O) groups is 2. The zero-order valence-corrected chi connectivity index (χ0v) is 18.4. The molecule has 2 aromatic carbocycles. The van der Waals surface area contributed by atoms with Gasteiger partial charge < -0.3 is 26.0 Å². The van der Waals surface area contributed by atoms with E-state index in [9.17, 15) is 14.7 Å². The predicted molar refractivity (Wildman–Crippen MR) is 120 cm³/mol. The van der Waals surface area contributed by atoms with Crippen molar-refractivity contribution in [2.24, 2.45) is 5.73 Å². The molecule has 0 radical (unpaired) electrons. The molecule has 2 unspecified atom stereocenters. The van der Waals surface area contributed by atoms with E-state index >= 15 is 0 Å². The van der Waals surface area contributed by atoms with E-state index in [1.807, 2.05) is 19.9 Å². The molecule has 0 bridgehead atoms. The van der Waals surface area contributed by atoms with Gasteiger partial charge >= 0.3 is 0 Å². The first-order valence-electron chi connectivity index (χ1n) is 10.5. The molecule has 0 saturated heterocycles. The van der Waals surface area contributed by atoms with E-state index in [1.54, 1.807) is 30.3 Å². The third-order valence-corrected chi connectivity index (χ3v) is 6.62. The summed E-state index contributed by atoms with van der Waals surface area (Å²) in [5.41, 5.74) is 11.9. The quantitative estimate of drug-likeness (QED) is 0.525. The maximum absolute atomic E-state index is 14.3. The minimum absolute atomic E-state index is 0.00983. The van der Waals surface area contributed by atoms with Crippen molar-refractivity contribution in [3.05, 3.63) is 82.0 Å². The van der Waals surface area contributed by atoms with Crippen LogP contribution in [-0.4, -0.2) is 28.9 Å². The number of hydrogen-bond acceptors (Lipinski definition) is 7. The van der Waals surface area contributed by atoms with Crippen LogP contribution >= 0.6 is 0 Å². The zero-order chi connectivity index (χ0) is 23.7. The number of hydrogen-bond donors (Lipinski definition) is 3. The molecule has 33 heavy (non-hydrogen) atoms. The van der Waals surface area contributed by atoms with Crippen molar-refractivity contribution in [1.82, 2.24) is 4.98 Å². The monoisotopic (exact) mass is 445 g/mol. The van der Waals surface area contributed by atoms with E-state index < -0.39 is 22.9 Å². The summed E-state index contributed by atoms with van der Waals surface area (Å²) in [6, 6.07) is 11.6. The molecule has 1 aromatic heterocycles. The normalized spacial score (nSPS) is 22.5. The number of nitrogens with zero attached hydrogens (tertiary/aromatic N) is 1. The van der Waals surface area contributed by atoms with Crippen molar-refractivity contribution in [3.8, 4) is 11.6 Å². The smallest absolute Gasteiger partial charge is 0.257 e. The van der Waals surface area contributed by atoms with Gasteiger partial charge in [-0.1, -0.05) is 38.1 Å². The summed E-state index contributed by atoms with van der Waals surface area (Å²) >= 11 is 0. The number of rotatable bonds is 4. The lowest BCUT2D eigenvalue weighted by Crippen LogP contribution is -2.50. The van der Waals surface area contributed by atoms with Gasteiger partial charge in [0.15, 0.2) is 11.2 Å². The van der Waals surface area contributed by atoms with E-state index in [1.165, 1.54) is 19.4 Å². The molecule has 8 nitrogen and oxygen atoms in total. The predicted octanol–water partition coefficient (Wildman–Crippen LogP) is 2.61. The number of nitrogens with two attached hydrogens (primary N) is 2. The lowest BCUT2D eigenvalue weighted by Gasteiger charge is -2.35. The maximum Gasteiger partial charge on any atom is 0.257 e. The molecule has 0 spiro atoms. The Morgan fingerprint density at radius 3 is 2.61 bits per heavy atom. The second-order valence-electron chi connectivity index (χ2n) is 8.61. The first kappa shape index (κ1) is 21.0. The number of Topliss-reactive ketones (excluding diaryl/α,β-unsaturated/α-hetero) is 1. The highest BCUT2D eigenvalue weighted by Crippen LogP contribution is 2.64. The molecule has 1 aliphatic heterocycles. The van der Waals surface area contributed by atoms with Crippen LogP contribution in [0.1, 0.15) is 62.7 Å². The van der Waals surface area contributed by atoms with Crippen LogP contribution in [0.15, 0.2) is 48.7 Å². The van der Waals surface area contributed by atoms with E-state index in [-0.39, 0.29) is 39.7 Å². The van der Waals surface area contributed by atoms with Crippen LogP contribution in [0.2, 0.25) is 0 Å². The van der Waals surface area contributed by atoms with Gasteiger partial charge in [0.1, 0.15) is 5.75 Å². The standard InChI is InChI=1S/C25H23N3O5/c1-12(2)13-7-8-15-18(11-13)33-25(31)16-5-4-6-17(26)19(16)21(29)24(15,25)20-14(22(27)30)9-10-28-23(20)32-3/h4-12,31H,26H2,1-3H3,(H2,27,30). The van der Waals surface area contributed by atoms with Gasteiger partial charge in [-0.3, -0.25) is 9.59 Å². The Bertz CT molecular complexity index is 1350. The Morgan fingerprint density at radius 2 is 1.94 bits per heavy atom. The van der Waals surface area contributed by atoms with Gasteiger partial charge in [-0.05, 0) is 29.7 Å².